The average molecular weight is 247 g/mol. The molecule has 2 unspecified atom stereocenters. The number of aryl methyl sites for hydroxylation is 1. The summed E-state index contributed by atoms with van der Waals surface area (Å²) in [5.41, 5.74) is 8.82. The zero-order chi connectivity index (χ0) is 12.4. The minimum Gasteiger partial charge on any atom is -0.493 e. The van der Waals surface area contributed by atoms with Crippen molar-refractivity contribution in [2.75, 3.05) is 13.2 Å². The summed E-state index contributed by atoms with van der Waals surface area (Å²) in [5, 5.41) is 0. The molecular weight excluding hydrogens is 226 g/mol. The quantitative estimate of drug-likeness (QED) is 0.873. The Morgan fingerprint density at radius 3 is 2.94 bits per heavy atom. The molecule has 2 atom stereocenters. The molecule has 0 bridgehead atoms. The lowest BCUT2D eigenvalue weighted by molar-refractivity contribution is -0.0000160. The third-order valence-corrected chi connectivity index (χ3v) is 3.93. The van der Waals surface area contributed by atoms with Gasteiger partial charge in [-0.25, -0.2) is 0 Å². The van der Waals surface area contributed by atoms with Gasteiger partial charge in [-0.05, 0) is 49.3 Å². The van der Waals surface area contributed by atoms with Crippen molar-refractivity contribution in [1.82, 2.24) is 0 Å². The van der Waals surface area contributed by atoms with Crippen LogP contribution in [0.3, 0.4) is 0 Å². The van der Waals surface area contributed by atoms with Gasteiger partial charge in [0.05, 0.1) is 18.8 Å². The average Bonchev–Trinajstić information content (AvgIpc) is 2.47. The van der Waals surface area contributed by atoms with Gasteiger partial charge in [-0.3, -0.25) is 0 Å². The molecule has 2 heterocycles. The highest BCUT2D eigenvalue weighted by Gasteiger charge is 2.23. The molecule has 0 aliphatic carbocycles. The van der Waals surface area contributed by atoms with Gasteiger partial charge in [-0.15, -0.1) is 0 Å². The Hall–Kier alpha value is -1.06. The molecule has 1 aromatic carbocycles. The van der Waals surface area contributed by atoms with Crippen LogP contribution in [-0.2, 0) is 11.2 Å². The Kier molecular flexibility index (Phi) is 3.52. The van der Waals surface area contributed by atoms with E-state index in [2.05, 4.69) is 18.2 Å². The summed E-state index contributed by atoms with van der Waals surface area (Å²) in [6.45, 7) is 1.69. The summed E-state index contributed by atoms with van der Waals surface area (Å²) in [4.78, 5) is 0. The number of benzene rings is 1. The first-order valence-corrected chi connectivity index (χ1v) is 6.97. The molecule has 3 rings (SSSR count). The van der Waals surface area contributed by atoms with Gasteiger partial charge in [0, 0.05) is 6.61 Å². The highest BCUT2D eigenvalue weighted by molar-refractivity contribution is 5.39. The molecule has 3 heteroatoms. The molecule has 1 fully saturated rings. The molecule has 2 N–H and O–H groups in total. The van der Waals surface area contributed by atoms with Gasteiger partial charge >= 0.3 is 0 Å². The van der Waals surface area contributed by atoms with Crippen LogP contribution in [0.5, 0.6) is 5.75 Å². The van der Waals surface area contributed by atoms with Crippen molar-refractivity contribution in [3.05, 3.63) is 29.3 Å². The summed E-state index contributed by atoms with van der Waals surface area (Å²) >= 11 is 0. The van der Waals surface area contributed by atoms with Gasteiger partial charge in [-0.2, -0.15) is 0 Å². The lowest BCUT2D eigenvalue weighted by Crippen LogP contribution is -2.32. The number of hydrogen-bond acceptors (Lipinski definition) is 3. The zero-order valence-electron chi connectivity index (χ0n) is 10.7. The zero-order valence-corrected chi connectivity index (χ0v) is 10.7. The maximum Gasteiger partial charge on any atom is 0.122 e. The van der Waals surface area contributed by atoms with E-state index in [0.717, 1.165) is 38.2 Å². The largest absolute Gasteiger partial charge is 0.493 e. The Morgan fingerprint density at radius 2 is 2.11 bits per heavy atom. The van der Waals surface area contributed by atoms with E-state index in [1.807, 2.05) is 0 Å². The normalized spacial score (nSPS) is 25.1. The van der Waals surface area contributed by atoms with Crippen molar-refractivity contribution in [2.45, 2.75) is 44.2 Å². The molecule has 0 amide bonds. The molecule has 2 aliphatic heterocycles. The predicted octanol–water partition coefficient (Wildman–Crippen LogP) is 2.58. The van der Waals surface area contributed by atoms with E-state index in [4.69, 9.17) is 15.2 Å². The molecule has 1 aromatic rings. The molecule has 1 saturated heterocycles. The maximum atomic E-state index is 6.34. The van der Waals surface area contributed by atoms with Gasteiger partial charge in [0.2, 0.25) is 0 Å². The number of fused-ring (bicyclic) bond motifs is 1. The van der Waals surface area contributed by atoms with Gasteiger partial charge < -0.3 is 15.2 Å². The van der Waals surface area contributed by atoms with Crippen LogP contribution in [0.15, 0.2) is 18.2 Å². The van der Waals surface area contributed by atoms with Gasteiger partial charge in [0.25, 0.3) is 0 Å². The molecule has 2 aliphatic rings. The van der Waals surface area contributed by atoms with Crippen LogP contribution in [0.4, 0.5) is 0 Å². The summed E-state index contributed by atoms with van der Waals surface area (Å²) in [7, 11) is 0. The Labute approximate surface area is 108 Å². The highest BCUT2D eigenvalue weighted by Crippen LogP contribution is 2.30. The lowest BCUT2D eigenvalue weighted by atomic mass is 9.94. The smallest absolute Gasteiger partial charge is 0.122 e. The van der Waals surface area contributed by atoms with Crippen molar-refractivity contribution >= 4 is 0 Å². The summed E-state index contributed by atoms with van der Waals surface area (Å²) < 4.78 is 11.4. The van der Waals surface area contributed by atoms with Crippen molar-refractivity contribution in [3.63, 3.8) is 0 Å². The van der Waals surface area contributed by atoms with E-state index in [1.54, 1.807) is 0 Å². The van der Waals surface area contributed by atoms with Crippen LogP contribution in [0.2, 0.25) is 0 Å². The van der Waals surface area contributed by atoms with Crippen LogP contribution in [0, 0.1) is 0 Å². The maximum absolute atomic E-state index is 6.34. The topological polar surface area (TPSA) is 44.5 Å². The van der Waals surface area contributed by atoms with E-state index >= 15 is 0 Å². The SMILES string of the molecule is NC(c1ccc2c(c1)CCCO2)C1CCCCO1. The van der Waals surface area contributed by atoms with Crippen LogP contribution < -0.4 is 10.5 Å². The third-order valence-electron chi connectivity index (χ3n) is 3.93. The minimum absolute atomic E-state index is 0.00229. The minimum atomic E-state index is -0.00229. The number of ether oxygens (including phenoxy) is 2. The van der Waals surface area contributed by atoms with Crippen LogP contribution in [0.25, 0.3) is 0 Å². The van der Waals surface area contributed by atoms with E-state index in [9.17, 15) is 0 Å². The van der Waals surface area contributed by atoms with Crippen LogP contribution >= 0.6 is 0 Å². The predicted molar refractivity (Wildman–Crippen MR) is 70.8 cm³/mol. The fourth-order valence-electron chi connectivity index (χ4n) is 2.85. The fourth-order valence-corrected chi connectivity index (χ4v) is 2.85. The molecule has 0 aromatic heterocycles. The molecule has 18 heavy (non-hydrogen) atoms. The van der Waals surface area contributed by atoms with Crippen molar-refractivity contribution in [2.24, 2.45) is 5.73 Å². The van der Waals surface area contributed by atoms with Gasteiger partial charge in [0.1, 0.15) is 5.75 Å². The summed E-state index contributed by atoms with van der Waals surface area (Å²) in [6.07, 6.45) is 5.86. The first-order valence-electron chi connectivity index (χ1n) is 6.97. The highest BCUT2D eigenvalue weighted by atomic mass is 16.5. The second-order valence-electron chi connectivity index (χ2n) is 5.25. The van der Waals surface area contributed by atoms with E-state index in [0.29, 0.717) is 0 Å². The van der Waals surface area contributed by atoms with E-state index in [-0.39, 0.29) is 12.1 Å². The Balaban J connectivity index is 1.78. The fraction of sp³-hybridized carbons (Fsp3) is 0.600. The first kappa shape index (κ1) is 12.0. The molecule has 0 saturated carbocycles. The van der Waals surface area contributed by atoms with Gasteiger partial charge in [-0.1, -0.05) is 12.1 Å². The van der Waals surface area contributed by atoms with Crippen LogP contribution in [0.1, 0.15) is 42.9 Å². The summed E-state index contributed by atoms with van der Waals surface area (Å²) in [6, 6.07) is 6.36. The number of nitrogens with two attached hydrogens (primary N) is 1. The Morgan fingerprint density at radius 1 is 1.17 bits per heavy atom. The second-order valence-corrected chi connectivity index (χ2v) is 5.25. The third kappa shape index (κ3) is 2.38. The van der Waals surface area contributed by atoms with Crippen molar-refractivity contribution in [1.29, 1.82) is 0 Å². The first-order chi connectivity index (χ1) is 8.84. The lowest BCUT2D eigenvalue weighted by Gasteiger charge is -2.29. The number of rotatable bonds is 2. The van der Waals surface area contributed by atoms with Crippen molar-refractivity contribution in [3.8, 4) is 5.75 Å². The summed E-state index contributed by atoms with van der Waals surface area (Å²) in [5.74, 6) is 1.03. The Bertz CT molecular complexity index is 413. The number of hydrogen-bond donors (Lipinski definition) is 1. The second kappa shape index (κ2) is 5.29. The van der Waals surface area contributed by atoms with Crippen molar-refractivity contribution < 1.29 is 9.47 Å². The molecule has 3 nitrogen and oxygen atoms in total. The monoisotopic (exact) mass is 247 g/mol. The van der Waals surface area contributed by atoms with E-state index in [1.165, 1.54) is 24.0 Å². The van der Waals surface area contributed by atoms with Gasteiger partial charge in [0.15, 0.2) is 0 Å². The van der Waals surface area contributed by atoms with Crippen LogP contribution in [-0.4, -0.2) is 19.3 Å². The standard InChI is InChI=1S/C15H21NO2/c16-15(14-5-1-2-8-18-14)12-6-7-13-11(10-12)4-3-9-17-13/h6-7,10,14-15H,1-5,8-9,16H2. The van der Waals surface area contributed by atoms with E-state index < -0.39 is 0 Å². The molecule has 0 radical (unpaired) electrons. The molecule has 0 spiro atoms. The molecular formula is C15H21NO2. The molecule has 98 valence electrons.